The molecule has 2 heterocycles. The third-order valence-corrected chi connectivity index (χ3v) is 7.75. The van der Waals surface area contributed by atoms with Crippen molar-refractivity contribution in [2.75, 3.05) is 6.54 Å². The van der Waals surface area contributed by atoms with Crippen LogP contribution in [0.5, 0.6) is 11.5 Å². The first-order valence-electron chi connectivity index (χ1n) is 14.7. The van der Waals surface area contributed by atoms with Gasteiger partial charge in [-0.25, -0.2) is 4.98 Å². The number of hydrogen-bond donors (Lipinski definition) is 0. The molecule has 4 nitrogen and oxygen atoms in total. The van der Waals surface area contributed by atoms with Crippen LogP contribution in [-0.2, 0) is 13.0 Å². The zero-order chi connectivity index (χ0) is 29.3. The topological polar surface area (TPSA) is 38.5 Å². The summed E-state index contributed by atoms with van der Waals surface area (Å²) in [5, 5.41) is 0. The van der Waals surface area contributed by atoms with Gasteiger partial charge in [0, 0.05) is 24.6 Å². The average Bonchev–Trinajstić information content (AvgIpc) is 3.63. The molecule has 214 valence electrons. The van der Waals surface area contributed by atoms with E-state index in [1.54, 1.807) is 0 Å². The lowest BCUT2D eigenvalue weighted by Gasteiger charge is -2.25. The molecule has 0 N–H and O–H groups in total. The number of ether oxygens (including phenoxy) is 1. The molecule has 1 aliphatic heterocycles. The fourth-order valence-electron chi connectivity index (χ4n) is 5.42. The first-order chi connectivity index (χ1) is 20.5. The van der Waals surface area contributed by atoms with Gasteiger partial charge in [0.15, 0.2) is 0 Å². The van der Waals surface area contributed by atoms with Gasteiger partial charge in [-0.1, -0.05) is 85.5 Å². The fourth-order valence-corrected chi connectivity index (χ4v) is 5.42. The molecule has 1 atom stereocenters. The second kappa shape index (κ2) is 14.0. The molecule has 42 heavy (non-hydrogen) atoms. The third-order valence-electron chi connectivity index (χ3n) is 7.75. The Hall–Kier alpha value is -4.41. The molecule has 4 aromatic rings. The van der Waals surface area contributed by atoms with E-state index in [4.69, 9.17) is 14.1 Å². The molecule has 3 aromatic carbocycles. The molecular weight excluding hydrogens is 516 g/mol. The Bertz CT molecular complexity index is 1550. The van der Waals surface area contributed by atoms with Crippen molar-refractivity contribution in [3.8, 4) is 23.0 Å². The SMILES string of the molecule is C=C(CC(/C=C\C(=C)[C@H]1CCCN1Cc1ccc(Oc2ccccc2)cc1)=C/C)Cc1nc(-c2ccccc2)oc1C. The molecule has 0 amide bonds. The minimum absolute atomic E-state index is 0.344. The smallest absolute Gasteiger partial charge is 0.226 e. The second-order valence-corrected chi connectivity index (χ2v) is 11.0. The molecule has 0 spiro atoms. The Labute approximate surface area is 250 Å². The Morgan fingerprint density at radius 2 is 1.64 bits per heavy atom. The highest BCUT2D eigenvalue weighted by molar-refractivity contribution is 5.53. The van der Waals surface area contributed by atoms with Crippen LogP contribution >= 0.6 is 0 Å². The summed E-state index contributed by atoms with van der Waals surface area (Å²) in [6.45, 7) is 14.9. The standard InChI is InChI=1S/C38H40N2O2/c1-5-31(25-28(2)26-36-30(4)41-38(39-36)33-13-8-6-9-14-33)19-18-29(3)37-17-12-24-40(37)27-32-20-22-35(23-21-32)42-34-15-10-7-11-16-34/h5-11,13-16,18-23,37H,2-3,12,17,24-27H2,1,4H3/b19-18-,31-5+/t37-/m1/s1. The molecular formula is C38H40N2O2. The number of aryl methyl sites for hydroxylation is 1. The molecule has 0 bridgehead atoms. The maximum absolute atomic E-state index is 5.96. The van der Waals surface area contributed by atoms with E-state index in [1.165, 1.54) is 17.6 Å². The van der Waals surface area contributed by atoms with E-state index in [9.17, 15) is 0 Å². The Morgan fingerprint density at radius 3 is 2.36 bits per heavy atom. The highest BCUT2D eigenvalue weighted by Crippen LogP contribution is 2.28. The van der Waals surface area contributed by atoms with Gasteiger partial charge in [0.2, 0.25) is 5.89 Å². The maximum Gasteiger partial charge on any atom is 0.226 e. The lowest BCUT2D eigenvalue weighted by molar-refractivity contribution is 0.275. The van der Waals surface area contributed by atoms with Crippen molar-refractivity contribution in [3.05, 3.63) is 150 Å². The van der Waals surface area contributed by atoms with Gasteiger partial charge in [-0.15, -0.1) is 0 Å². The number of oxazole rings is 1. The summed E-state index contributed by atoms with van der Waals surface area (Å²) in [5.41, 5.74) is 6.71. The van der Waals surface area contributed by atoms with E-state index >= 15 is 0 Å². The van der Waals surface area contributed by atoms with Crippen LogP contribution in [0.4, 0.5) is 0 Å². The summed E-state index contributed by atoms with van der Waals surface area (Å²) < 4.78 is 11.9. The molecule has 0 saturated carbocycles. The highest BCUT2D eigenvalue weighted by atomic mass is 16.5. The Kier molecular flexibility index (Phi) is 9.68. The molecule has 1 aromatic heterocycles. The van der Waals surface area contributed by atoms with Gasteiger partial charge < -0.3 is 9.15 Å². The first-order valence-corrected chi connectivity index (χ1v) is 14.7. The molecule has 0 aliphatic carbocycles. The normalized spacial score (nSPS) is 15.8. The third kappa shape index (κ3) is 7.65. The predicted molar refractivity (Wildman–Crippen MR) is 173 cm³/mol. The van der Waals surface area contributed by atoms with Crippen LogP contribution in [0, 0.1) is 6.92 Å². The van der Waals surface area contributed by atoms with Crippen molar-refractivity contribution in [1.29, 1.82) is 0 Å². The van der Waals surface area contributed by atoms with E-state index < -0.39 is 0 Å². The van der Waals surface area contributed by atoms with E-state index in [0.717, 1.165) is 65.6 Å². The minimum Gasteiger partial charge on any atom is -0.457 e. The van der Waals surface area contributed by atoms with Crippen LogP contribution in [0.15, 0.2) is 137 Å². The molecule has 5 rings (SSSR count). The van der Waals surface area contributed by atoms with Gasteiger partial charge in [0.05, 0.1) is 5.69 Å². The van der Waals surface area contributed by atoms with E-state index in [-0.39, 0.29) is 0 Å². The number of nitrogens with zero attached hydrogens (tertiary/aromatic N) is 2. The van der Waals surface area contributed by atoms with Crippen LogP contribution in [0.2, 0.25) is 0 Å². The van der Waals surface area contributed by atoms with Gasteiger partial charge in [-0.2, -0.15) is 0 Å². The van der Waals surface area contributed by atoms with Gasteiger partial charge in [0.1, 0.15) is 17.3 Å². The maximum atomic E-state index is 5.96. The van der Waals surface area contributed by atoms with Gasteiger partial charge in [-0.3, -0.25) is 4.90 Å². The van der Waals surface area contributed by atoms with Crippen molar-refractivity contribution in [2.24, 2.45) is 0 Å². The first kappa shape index (κ1) is 29.1. The quantitative estimate of drug-likeness (QED) is 0.129. The van der Waals surface area contributed by atoms with Crippen molar-refractivity contribution in [2.45, 2.75) is 52.1 Å². The number of allylic oxidation sites excluding steroid dienone is 4. The second-order valence-electron chi connectivity index (χ2n) is 11.0. The number of rotatable bonds is 12. The number of hydrogen-bond acceptors (Lipinski definition) is 4. The summed E-state index contributed by atoms with van der Waals surface area (Å²) in [7, 11) is 0. The van der Waals surface area contributed by atoms with Crippen molar-refractivity contribution in [1.82, 2.24) is 9.88 Å². The van der Waals surface area contributed by atoms with Gasteiger partial charge in [-0.05, 0) is 92.8 Å². The lowest BCUT2D eigenvalue weighted by Crippen LogP contribution is -2.29. The van der Waals surface area contributed by atoms with Crippen LogP contribution in [0.25, 0.3) is 11.5 Å². The van der Waals surface area contributed by atoms with Crippen molar-refractivity contribution in [3.63, 3.8) is 0 Å². The molecule has 4 heteroatoms. The van der Waals surface area contributed by atoms with Gasteiger partial charge in [0.25, 0.3) is 0 Å². The number of para-hydroxylation sites is 1. The largest absolute Gasteiger partial charge is 0.457 e. The molecule has 1 saturated heterocycles. The van der Waals surface area contributed by atoms with E-state index in [0.29, 0.717) is 18.4 Å². The average molecular weight is 557 g/mol. The van der Waals surface area contributed by atoms with E-state index in [2.05, 4.69) is 67.5 Å². The predicted octanol–water partition coefficient (Wildman–Crippen LogP) is 9.65. The number of benzene rings is 3. The molecule has 0 unspecified atom stereocenters. The monoisotopic (exact) mass is 556 g/mol. The summed E-state index contributed by atoms with van der Waals surface area (Å²) in [6.07, 6.45) is 10.3. The number of likely N-dealkylation sites (tertiary alicyclic amines) is 1. The summed E-state index contributed by atoms with van der Waals surface area (Å²) >= 11 is 0. The molecule has 1 aliphatic rings. The Balaban J connectivity index is 1.14. The van der Waals surface area contributed by atoms with Gasteiger partial charge >= 0.3 is 0 Å². The van der Waals surface area contributed by atoms with Crippen molar-refractivity contribution >= 4 is 0 Å². The highest BCUT2D eigenvalue weighted by Gasteiger charge is 2.25. The lowest BCUT2D eigenvalue weighted by atomic mass is 9.99. The van der Waals surface area contributed by atoms with Crippen molar-refractivity contribution < 1.29 is 9.15 Å². The molecule has 0 radical (unpaired) electrons. The number of aromatic nitrogens is 1. The molecule has 1 fully saturated rings. The van der Waals surface area contributed by atoms with Crippen LogP contribution in [0.1, 0.15) is 43.2 Å². The zero-order valence-electron chi connectivity index (χ0n) is 24.8. The fraction of sp³-hybridized carbons (Fsp3) is 0.237. The summed E-state index contributed by atoms with van der Waals surface area (Å²) in [5.74, 6) is 3.21. The minimum atomic E-state index is 0.344. The van der Waals surface area contributed by atoms with Crippen LogP contribution < -0.4 is 4.74 Å². The van der Waals surface area contributed by atoms with Crippen LogP contribution in [-0.4, -0.2) is 22.5 Å². The summed E-state index contributed by atoms with van der Waals surface area (Å²) in [4.78, 5) is 7.29. The van der Waals surface area contributed by atoms with Crippen LogP contribution in [0.3, 0.4) is 0 Å². The van der Waals surface area contributed by atoms with E-state index in [1.807, 2.05) is 67.6 Å². The summed E-state index contributed by atoms with van der Waals surface area (Å²) in [6, 6.07) is 28.7. The zero-order valence-corrected chi connectivity index (χ0v) is 24.8. The Morgan fingerprint density at radius 1 is 0.952 bits per heavy atom.